The summed E-state index contributed by atoms with van der Waals surface area (Å²) in [5.74, 6) is -0.296. The molecule has 0 fully saturated rings. The van der Waals surface area contributed by atoms with Gasteiger partial charge in [0.1, 0.15) is 18.2 Å². The number of hydrogen-bond donors (Lipinski definition) is 2. The lowest BCUT2D eigenvalue weighted by atomic mass is 10.2. The van der Waals surface area contributed by atoms with Crippen LogP contribution in [-0.4, -0.2) is 5.91 Å². The average molecular weight is 260 g/mol. The first kappa shape index (κ1) is 12.9. The van der Waals surface area contributed by atoms with Crippen LogP contribution in [0.15, 0.2) is 42.5 Å². The number of halogens is 1. The van der Waals surface area contributed by atoms with Crippen LogP contribution in [0.2, 0.25) is 0 Å². The molecule has 0 aliphatic heterocycles. The minimum Gasteiger partial charge on any atom is -0.489 e. The van der Waals surface area contributed by atoms with Gasteiger partial charge in [-0.25, -0.2) is 4.39 Å². The second kappa shape index (κ2) is 5.39. The summed E-state index contributed by atoms with van der Waals surface area (Å²) in [5, 5.41) is 0. The Balaban J connectivity index is 2.04. The fourth-order valence-electron chi connectivity index (χ4n) is 1.57. The van der Waals surface area contributed by atoms with Gasteiger partial charge in [0.2, 0.25) is 5.91 Å². The molecule has 0 aliphatic carbocycles. The SMILES string of the molecule is NC(=O)c1ccc(OCc2ccc(F)cc2N)cc1. The Hall–Kier alpha value is -2.56. The Morgan fingerprint density at radius 2 is 1.84 bits per heavy atom. The van der Waals surface area contributed by atoms with Gasteiger partial charge < -0.3 is 16.2 Å². The molecule has 0 radical (unpaired) electrons. The van der Waals surface area contributed by atoms with Crippen molar-refractivity contribution in [1.29, 1.82) is 0 Å². The maximum absolute atomic E-state index is 12.9. The van der Waals surface area contributed by atoms with Crippen molar-refractivity contribution in [2.24, 2.45) is 5.73 Å². The van der Waals surface area contributed by atoms with Crippen LogP contribution >= 0.6 is 0 Å². The molecular weight excluding hydrogens is 247 g/mol. The molecule has 5 heteroatoms. The number of primary amides is 1. The number of benzene rings is 2. The molecule has 19 heavy (non-hydrogen) atoms. The molecule has 0 bridgehead atoms. The van der Waals surface area contributed by atoms with Crippen LogP contribution in [0.4, 0.5) is 10.1 Å². The van der Waals surface area contributed by atoms with Crippen LogP contribution in [0, 0.1) is 5.82 Å². The number of nitrogens with two attached hydrogens (primary N) is 2. The lowest BCUT2D eigenvalue weighted by Gasteiger charge is -2.08. The Kier molecular flexibility index (Phi) is 3.66. The summed E-state index contributed by atoms with van der Waals surface area (Å²) in [4.78, 5) is 10.9. The summed E-state index contributed by atoms with van der Waals surface area (Å²) < 4.78 is 18.4. The lowest BCUT2D eigenvalue weighted by molar-refractivity contribution is 0.100. The molecule has 0 saturated heterocycles. The van der Waals surface area contributed by atoms with E-state index in [-0.39, 0.29) is 12.4 Å². The van der Waals surface area contributed by atoms with Gasteiger partial charge in [0, 0.05) is 16.8 Å². The van der Waals surface area contributed by atoms with E-state index in [1.165, 1.54) is 12.1 Å². The third-order valence-electron chi connectivity index (χ3n) is 2.64. The quantitative estimate of drug-likeness (QED) is 0.826. The zero-order valence-corrected chi connectivity index (χ0v) is 10.1. The molecule has 2 aromatic carbocycles. The molecule has 2 aromatic rings. The summed E-state index contributed by atoms with van der Waals surface area (Å²) in [6.07, 6.45) is 0. The third kappa shape index (κ3) is 3.22. The Bertz CT molecular complexity index is 597. The third-order valence-corrected chi connectivity index (χ3v) is 2.64. The van der Waals surface area contributed by atoms with Crippen molar-refractivity contribution in [1.82, 2.24) is 0 Å². The number of amides is 1. The van der Waals surface area contributed by atoms with Crippen molar-refractivity contribution in [3.63, 3.8) is 0 Å². The minimum absolute atomic E-state index is 0.224. The first-order chi connectivity index (χ1) is 9.06. The van der Waals surface area contributed by atoms with Crippen LogP contribution in [0.25, 0.3) is 0 Å². The van der Waals surface area contributed by atoms with Gasteiger partial charge in [-0.3, -0.25) is 4.79 Å². The molecular formula is C14H13FN2O2. The fourth-order valence-corrected chi connectivity index (χ4v) is 1.57. The lowest BCUT2D eigenvalue weighted by Crippen LogP contribution is -2.10. The van der Waals surface area contributed by atoms with Gasteiger partial charge in [-0.2, -0.15) is 0 Å². The highest BCUT2D eigenvalue weighted by Crippen LogP contribution is 2.18. The second-order valence-electron chi connectivity index (χ2n) is 4.02. The maximum Gasteiger partial charge on any atom is 0.248 e. The standard InChI is InChI=1S/C14H13FN2O2/c15-11-4-1-10(13(16)7-11)8-19-12-5-2-9(3-6-12)14(17)18/h1-7H,8,16H2,(H2,17,18). The van der Waals surface area contributed by atoms with E-state index < -0.39 is 5.91 Å². The minimum atomic E-state index is -0.491. The highest BCUT2D eigenvalue weighted by molar-refractivity contribution is 5.92. The van der Waals surface area contributed by atoms with Gasteiger partial charge >= 0.3 is 0 Å². The van der Waals surface area contributed by atoms with E-state index in [0.717, 1.165) is 0 Å². The number of ether oxygens (including phenoxy) is 1. The van der Waals surface area contributed by atoms with E-state index in [2.05, 4.69) is 0 Å². The van der Waals surface area contributed by atoms with Crippen molar-refractivity contribution in [3.05, 3.63) is 59.4 Å². The molecule has 0 atom stereocenters. The van der Waals surface area contributed by atoms with Crippen molar-refractivity contribution in [3.8, 4) is 5.75 Å². The zero-order chi connectivity index (χ0) is 13.8. The number of rotatable bonds is 4. The summed E-state index contributed by atoms with van der Waals surface area (Å²) in [5.41, 5.74) is 12.2. The van der Waals surface area contributed by atoms with E-state index in [0.29, 0.717) is 22.6 Å². The van der Waals surface area contributed by atoms with Crippen molar-refractivity contribution in [2.45, 2.75) is 6.61 Å². The van der Waals surface area contributed by atoms with Crippen LogP contribution < -0.4 is 16.2 Å². The van der Waals surface area contributed by atoms with Gasteiger partial charge in [0.15, 0.2) is 0 Å². The summed E-state index contributed by atoms with van der Waals surface area (Å²) in [6.45, 7) is 0.224. The number of anilines is 1. The van der Waals surface area contributed by atoms with Crippen LogP contribution in [0.3, 0.4) is 0 Å². The molecule has 0 spiro atoms. The van der Waals surface area contributed by atoms with E-state index in [9.17, 15) is 9.18 Å². The topological polar surface area (TPSA) is 78.3 Å². The smallest absolute Gasteiger partial charge is 0.248 e. The zero-order valence-electron chi connectivity index (χ0n) is 10.1. The van der Waals surface area contributed by atoms with Gasteiger partial charge in [-0.05, 0) is 36.4 Å². The van der Waals surface area contributed by atoms with E-state index >= 15 is 0 Å². The molecule has 4 nitrogen and oxygen atoms in total. The summed E-state index contributed by atoms with van der Waals surface area (Å²) in [6, 6.07) is 10.6. The summed E-state index contributed by atoms with van der Waals surface area (Å²) in [7, 11) is 0. The fraction of sp³-hybridized carbons (Fsp3) is 0.0714. The van der Waals surface area contributed by atoms with Gasteiger partial charge in [0.25, 0.3) is 0 Å². The highest BCUT2D eigenvalue weighted by atomic mass is 19.1. The van der Waals surface area contributed by atoms with Crippen molar-refractivity contribution in [2.75, 3.05) is 5.73 Å². The molecule has 0 aromatic heterocycles. The monoisotopic (exact) mass is 260 g/mol. The second-order valence-corrected chi connectivity index (χ2v) is 4.02. The summed E-state index contributed by atoms with van der Waals surface area (Å²) >= 11 is 0. The molecule has 0 aliphatic rings. The first-order valence-electron chi connectivity index (χ1n) is 5.63. The Morgan fingerprint density at radius 3 is 2.42 bits per heavy atom. The predicted molar refractivity (Wildman–Crippen MR) is 70.1 cm³/mol. The normalized spacial score (nSPS) is 10.2. The van der Waals surface area contributed by atoms with Crippen LogP contribution in [0.1, 0.15) is 15.9 Å². The molecule has 0 heterocycles. The maximum atomic E-state index is 12.9. The van der Waals surface area contributed by atoms with Crippen molar-refractivity contribution >= 4 is 11.6 Å². The van der Waals surface area contributed by atoms with E-state index in [1.807, 2.05) is 0 Å². The highest BCUT2D eigenvalue weighted by Gasteiger charge is 2.03. The van der Waals surface area contributed by atoms with E-state index in [4.69, 9.17) is 16.2 Å². The first-order valence-corrected chi connectivity index (χ1v) is 5.63. The van der Waals surface area contributed by atoms with E-state index in [1.54, 1.807) is 30.3 Å². The average Bonchev–Trinajstić information content (AvgIpc) is 2.38. The number of carbonyl (C=O) groups excluding carboxylic acids is 1. The van der Waals surface area contributed by atoms with Gasteiger partial charge in [-0.15, -0.1) is 0 Å². The molecule has 4 N–H and O–H groups in total. The van der Waals surface area contributed by atoms with Gasteiger partial charge in [0.05, 0.1) is 0 Å². The van der Waals surface area contributed by atoms with Gasteiger partial charge in [-0.1, -0.05) is 6.07 Å². The molecule has 2 rings (SSSR count). The van der Waals surface area contributed by atoms with Crippen molar-refractivity contribution < 1.29 is 13.9 Å². The number of carbonyl (C=O) groups is 1. The molecule has 0 saturated carbocycles. The molecule has 98 valence electrons. The number of hydrogen-bond acceptors (Lipinski definition) is 3. The van der Waals surface area contributed by atoms with Crippen LogP contribution in [-0.2, 0) is 6.61 Å². The Morgan fingerprint density at radius 1 is 1.16 bits per heavy atom. The Labute approximate surface area is 109 Å². The van der Waals surface area contributed by atoms with Crippen LogP contribution in [0.5, 0.6) is 5.75 Å². The molecule has 0 unspecified atom stereocenters. The number of nitrogen functional groups attached to an aromatic ring is 1. The molecule has 1 amide bonds. The predicted octanol–water partition coefficient (Wildman–Crippen LogP) is 2.09. The largest absolute Gasteiger partial charge is 0.489 e.